The van der Waals surface area contributed by atoms with E-state index in [0.29, 0.717) is 11.6 Å². The van der Waals surface area contributed by atoms with Gasteiger partial charge in [-0.1, -0.05) is 101 Å². The number of rotatable bonds is 1. The molecular weight excluding hydrogens is 596 g/mol. The number of ketones is 2. The van der Waals surface area contributed by atoms with E-state index < -0.39 is 0 Å². The Kier molecular flexibility index (Phi) is 10.4. The topological polar surface area (TPSA) is 54.4 Å². The van der Waals surface area contributed by atoms with Gasteiger partial charge < -0.3 is 5.11 Å². The van der Waals surface area contributed by atoms with Gasteiger partial charge in [0.1, 0.15) is 0 Å². The van der Waals surface area contributed by atoms with Crippen LogP contribution in [0.2, 0.25) is 0 Å². The number of Topliss-reactive ketones (excluding diaryl/α,β-unsaturated/α-hetero) is 2. The fourth-order valence-corrected chi connectivity index (χ4v) is 7.47. The predicted octanol–water partition coefficient (Wildman–Crippen LogP) is 9.99. The molecule has 0 amide bonds. The highest BCUT2D eigenvalue weighted by Gasteiger charge is 2.34. The molecule has 0 bridgehead atoms. The largest absolute Gasteiger partial charge is 0.400 e. The van der Waals surface area contributed by atoms with Crippen LogP contribution in [-0.2, 0) is 23.7 Å². The Morgan fingerprint density at radius 1 is 0.651 bits per heavy atom. The molecule has 0 heterocycles. The van der Waals surface area contributed by atoms with Crippen LogP contribution in [0.4, 0.5) is 0 Å². The third kappa shape index (κ3) is 6.91. The van der Waals surface area contributed by atoms with E-state index in [1.54, 1.807) is 0 Å². The summed E-state index contributed by atoms with van der Waals surface area (Å²) in [5.41, 5.74) is 14.7. The van der Waals surface area contributed by atoms with Crippen LogP contribution in [-0.4, -0.2) is 23.8 Å². The van der Waals surface area contributed by atoms with Crippen LogP contribution in [0.1, 0.15) is 121 Å². The molecule has 0 aliphatic heterocycles. The molecule has 43 heavy (non-hydrogen) atoms. The molecule has 5 rings (SSSR count). The van der Waals surface area contributed by atoms with Crippen LogP contribution in [0, 0.1) is 39.5 Å². The zero-order chi connectivity index (χ0) is 32.8. The Hall–Kier alpha value is -2.56. The first-order valence-electron chi connectivity index (χ1n) is 15.4. The van der Waals surface area contributed by atoms with Crippen molar-refractivity contribution < 1.29 is 14.7 Å². The number of hydrogen-bond acceptors (Lipinski definition) is 3. The third-order valence-corrected chi connectivity index (χ3v) is 9.95. The lowest BCUT2D eigenvalue weighted by Crippen LogP contribution is -2.15. The van der Waals surface area contributed by atoms with Crippen molar-refractivity contribution in [2.45, 2.75) is 107 Å². The molecule has 2 aliphatic rings. The smallest absolute Gasteiger partial charge is 0.166 e. The van der Waals surface area contributed by atoms with Gasteiger partial charge in [-0.3, -0.25) is 9.59 Å². The Morgan fingerprint density at radius 3 is 1.49 bits per heavy atom. The Morgan fingerprint density at radius 2 is 1.05 bits per heavy atom. The first-order chi connectivity index (χ1) is 19.8. The lowest BCUT2D eigenvalue weighted by Gasteiger charge is -2.26. The van der Waals surface area contributed by atoms with Crippen LogP contribution < -0.4 is 0 Å². The second-order valence-corrected chi connectivity index (χ2v) is 15.4. The van der Waals surface area contributed by atoms with E-state index in [4.69, 9.17) is 5.11 Å². The molecule has 0 saturated heterocycles. The fourth-order valence-electron chi connectivity index (χ4n) is 6.89. The second-order valence-electron chi connectivity index (χ2n) is 14.7. The molecule has 2 atom stereocenters. The Bertz CT molecular complexity index is 1540. The number of aryl methyl sites for hydroxylation is 2. The monoisotopic (exact) mass is 646 g/mol. The molecule has 2 aliphatic carbocycles. The van der Waals surface area contributed by atoms with Crippen molar-refractivity contribution in [3.05, 3.63) is 90.4 Å². The molecule has 0 fully saturated rings. The molecule has 4 heteroatoms. The van der Waals surface area contributed by atoms with Crippen LogP contribution >= 0.6 is 15.9 Å². The summed E-state index contributed by atoms with van der Waals surface area (Å²) >= 11 is 3.68. The minimum Gasteiger partial charge on any atom is -0.400 e. The maximum Gasteiger partial charge on any atom is 0.166 e. The normalized spacial score (nSPS) is 17.6. The molecule has 1 N–H and O–H groups in total. The maximum atomic E-state index is 12.7. The fraction of sp³-hybridized carbons (Fsp3) is 0.487. The van der Waals surface area contributed by atoms with Gasteiger partial charge in [0.15, 0.2) is 11.6 Å². The standard InChI is InChI=1S/C23H28O.C15H19BrO.CH4O/c1-13-8-14(2)10-17(9-13)21-16(4)20(23(5,6)7)12-19-18(21)11-15(3)22(19)24;1-8-6-10-11(14(8)17)7-12(15(3,4)5)9(2)13(10)16;1-2/h8-10,12,15H,11H2,1-7H3;7-8H,6H2,1-5H3;2H,1H3. The van der Waals surface area contributed by atoms with Gasteiger partial charge in [0, 0.05) is 34.5 Å². The molecular formula is C39H51BrO3. The number of carbonyl (C=O) groups is 2. The van der Waals surface area contributed by atoms with Crippen molar-refractivity contribution >= 4 is 27.5 Å². The third-order valence-electron chi connectivity index (χ3n) is 8.88. The molecule has 3 aromatic rings. The number of carbonyl (C=O) groups excluding carboxylic acids is 2. The zero-order valence-corrected chi connectivity index (χ0v) is 30.2. The van der Waals surface area contributed by atoms with Gasteiger partial charge in [0.05, 0.1) is 0 Å². The number of fused-ring (bicyclic) bond motifs is 2. The van der Waals surface area contributed by atoms with Crippen molar-refractivity contribution in [1.82, 2.24) is 0 Å². The number of aliphatic hydroxyl groups excluding tert-OH is 1. The van der Waals surface area contributed by atoms with E-state index in [-0.39, 0.29) is 22.7 Å². The van der Waals surface area contributed by atoms with E-state index in [1.165, 1.54) is 55.6 Å². The van der Waals surface area contributed by atoms with E-state index in [9.17, 15) is 9.59 Å². The molecule has 2 unspecified atom stereocenters. The summed E-state index contributed by atoms with van der Waals surface area (Å²) in [5, 5.41) is 7.00. The first kappa shape index (κ1) is 34.9. The van der Waals surface area contributed by atoms with Crippen molar-refractivity contribution in [3.63, 3.8) is 0 Å². The Labute approximate surface area is 268 Å². The summed E-state index contributed by atoms with van der Waals surface area (Å²) in [5.74, 6) is 0.836. The van der Waals surface area contributed by atoms with Gasteiger partial charge in [0.2, 0.25) is 0 Å². The van der Waals surface area contributed by atoms with Gasteiger partial charge in [-0.25, -0.2) is 0 Å². The SMILES string of the molecule is CO.Cc1c(C(C)(C)C)cc2c(c1Br)CC(C)C2=O.Cc1cc(C)cc(-c2c(C)c(C(C)(C)C)cc3c2CC(C)C3=O)c1. The summed E-state index contributed by atoms with van der Waals surface area (Å²) in [4.78, 5) is 24.8. The second kappa shape index (κ2) is 12.8. The van der Waals surface area contributed by atoms with E-state index in [0.717, 1.165) is 35.6 Å². The molecule has 3 nitrogen and oxygen atoms in total. The molecule has 0 saturated carbocycles. The average Bonchev–Trinajstić information content (AvgIpc) is 3.34. The molecule has 0 aromatic heterocycles. The predicted molar refractivity (Wildman–Crippen MR) is 185 cm³/mol. The highest BCUT2D eigenvalue weighted by atomic mass is 79.9. The van der Waals surface area contributed by atoms with Crippen LogP contribution in [0.3, 0.4) is 0 Å². The first-order valence-corrected chi connectivity index (χ1v) is 16.2. The number of benzene rings is 3. The summed E-state index contributed by atoms with van der Waals surface area (Å²) < 4.78 is 1.14. The Balaban J connectivity index is 0.000000235. The van der Waals surface area contributed by atoms with Gasteiger partial charge >= 0.3 is 0 Å². The number of halogens is 1. The molecule has 0 radical (unpaired) electrons. The van der Waals surface area contributed by atoms with Crippen LogP contribution in [0.25, 0.3) is 11.1 Å². The van der Waals surface area contributed by atoms with Crippen molar-refractivity contribution in [2.75, 3.05) is 7.11 Å². The van der Waals surface area contributed by atoms with Gasteiger partial charge in [-0.15, -0.1) is 0 Å². The molecule has 3 aromatic carbocycles. The zero-order valence-electron chi connectivity index (χ0n) is 28.6. The van der Waals surface area contributed by atoms with Crippen molar-refractivity contribution in [3.8, 4) is 11.1 Å². The van der Waals surface area contributed by atoms with Crippen LogP contribution in [0.5, 0.6) is 0 Å². The van der Waals surface area contributed by atoms with Crippen LogP contribution in [0.15, 0.2) is 34.8 Å². The summed E-state index contributed by atoms with van der Waals surface area (Å²) in [7, 11) is 1.00. The minimum atomic E-state index is 0.0266. The van der Waals surface area contributed by atoms with Crippen molar-refractivity contribution in [1.29, 1.82) is 0 Å². The van der Waals surface area contributed by atoms with E-state index >= 15 is 0 Å². The average molecular weight is 648 g/mol. The summed E-state index contributed by atoms with van der Waals surface area (Å²) in [6.07, 6.45) is 1.74. The summed E-state index contributed by atoms with van der Waals surface area (Å²) in [6, 6.07) is 11.0. The number of aliphatic hydroxyl groups is 1. The molecule has 0 spiro atoms. The highest BCUT2D eigenvalue weighted by Crippen LogP contribution is 2.43. The minimum absolute atomic E-state index is 0.0266. The van der Waals surface area contributed by atoms with Crippen molar-refractivity contribution in [2.24, 2.45) is 11.8 Å². The van der Waals surface area contributed by atoms with E-state index in [1.807, 2.05) is 6.92 Å². The lowest BCUT2D eigenvalue weighted by atomic mass is 9.78. The number of hydrogen-bond donors (Lipinski definition) is 1. The lowest BCUT2D eigenvalue weighted by molar-refractivity contribution is 0.0939. The quantitative estimate of drug-likeness (QED) is 0.286. The maximum absolute atomic E-state index is 12.7. The molecule has 232 valence electrons. The van der Waals surface area contributed by atoms with Gasteiger partial charge in [-0.2, -0.15) is 0 Å². The van der Waals surface area contributed by atoms with E-state index in [2.05, 4.69) is 122 Å². The highest BCUT2D eigenvalue weighted by molar-refractivity contribution is 9.10. The van der Waals surface area contributed by atoms with Gasteiger partial charge in [-0.05, 0) is 108 Å². The summed E-state index contributed by atoms with van der Waals surface area (Å²) in [6.45, 7) is 26.0. The van der Waals surface area contributed by atoms with Gasteiger partial charge in [0.25, 0.3) is 0 Å².